The summed E-state index contributed by atoms with van der Waals surface area (Å²) >= 11 is 6.14. The van der Waals surface area contributed by atoms with Gasteiger partial charge in [0.05, 0.1) is 18.4 Å². The first-order valence-corrected chi connectivity index (χ1v) is 7.12. The van der Waals surface area contributed by atoms with Crippen LogP contribution in [0.2, 0.25) is 5.02 Å². The molecule has 19 heavy (non-hydrogen) atoms. The maximum atomic E-state index is 12.1. The Morgan fingerprint density at radius 3 is 2.79 bits per heavy atom. The van der Waals surface area contributed by atoms with Gasteiger partial charge in [0, 0.05) is 12.6 Å². The first-order chi connectivity index (χ1) is 9.08. The van der Waals surface area contributed by atoms with Gasteiger partial charge in [0.1, 0.15) is 5.02 Å². The maximum Gasteiger partial charge on any atom is 0.287 e. The number of nitrogens with one attached hydrogen (secondary N) is 1. The van der Waals surface area contributed by atoms with Crippen LogP contribution in [0.5, 0.6) is 0 Å². The molecule has 1 N–H and O–H groups in total. The third kappa shape index (κ3) is 3.70. The molecule has 0 unspecified atom stereocenters. The first kappa shape index (κ1) is 14.3. The molecule has 2 rings (SSSR count). The molecule has 106 valence electrons. The number of anilines is 1. The lowest BCUT2D eigenvalue weighted by Gasteiger charge is -2.15. The van der Waals surface area contributed by atoms with Crippen LogP contribution in [0, 0.1) is 0 Å². The predicted octanol–water partition coefficient (Wildman–Crippen LogP) is 1.81. The molecule has 0 bridgehead atoms. The monoisotopic (exact) mass is 284 g/mol. The van der Waals surface area contributed by atoms with Gasteiger partial charge < -0.3 is 10.2 Å². The summed E-state index contributed by atoms with van der Waals surface area (Å²) in [6.45, 7) is 1.31. The molecule has 1 aliphatic rings. The molecular weight excluding hydrogens is 264 g/mol. The first-order valence-electron chi connectivity index (χ1n) is 6.75. The lowest BCUT2D eigenvalue weighted by atomic mass is 10.2. The lowest BCUT2D eigenvalue weighted by molar-refractivity contribution is 0.367. The fourth-order valence-electron chi connectivity index (χ4n) is 2.31. The van der Waals surface area contributed by atoms with E-state index in [1.165, 1.54) is 17.5 Å². The summed E-state index contributed by atoms with van der Waals surface area (Å²) in [6, 6.07) is 0.427. The molecule has 6 heteroatoms. The van der Waals surface area contributed by atoms with E-state index in [0.717, 1.165) is 19.4 Å². The SMILES string of the molecule is CN(C)CCn1ncc(NC2CCCC2)c(Cl)c1=O. The van der Waals surface area contributed by atoms with E-state index in [-0.39, 0.29) is 10.6 Å². The van der Waals surface area contributed by atoms with E-state index >= 15 is 0 Å². The minimum Gasteiger partial charge on any atom is -0.380 e. The van der Waals surface area contributed by atoms with Crippen LogP contribution in [0.4, 0.5) is 5.69 Å². The summed E-state index contributed by atoms with van der Waals surface area (Å²) in [7, 11) is 3.92. The highest BCUT2D eigenvalue weighted by atomic mass is 35.5. The summed E-state index contributed by atoms with van der Waals surface area (Å²) in [5.41, 5.74) is 0.450. The summed E-state index contributed by atoms with van der Waals surface area (Å²) < 4.78 is 1.42. The number of likely N-dealkylation sites (N-methyl/N-ethyl adjacent to an activating group) is 1. The molecule has 5 nitrogen and oxygen atoms in total. The van der Waals surface area contributed by atoms with Gasteiger partial charge in [-0.25, -0.2) is 4.68 Å². The van der Waals surface area contributed by atoms with E-state index in [4.69, 9.17) is 11.6 Å². The molecule has 1 aliphatic carbocycles. The van der Waals surface area contributed by atoms with E-state index in [0.29, 0.717) is 18.3 Å². The van der Waals surface area contributed by atoms with Gasteiger partial charge in [0.15, 0.2) is 0 Å². The lowest BCUT2D eigenvalue weighted by Crippen LogP contribution is -2.30. The second-order valence-corrected chi connectivity index (χ2v) is 5.71. The normalized spacial score (nSPS) is 16.2. The van der Waals surface area contributed by atoms with Crippen LogP contribution in [0.15, 0.2) is 11.0 Å². The molecule has 1 aromatic rings. The largest absolute Gasteiger partial charge is 0.380 e. The van der Waals surface area contributed by atoms with Crippen LogP contribution in [-0.4, -0.2) is 41.4 Å². The number of hydrogen-bond donors (Lipinski definition) is 1. The van der Waals surface area contributed by atoms with Crippen molar-refractivity contribution in [2.24, 2.45) is 0 Å². The van der Waals surface area contributed by atoms with Crippen LogP contribution in [0.25, 0.3) is 0 Å². The van der Waals surface area contributed by atoms with Crippen LogP contribution in [0.1, 0.15) is 25.7 Å². The topological polar surface area (TPSA) is 50.2 Å². The van der Waals surface area contributed by atoms with Crippen molar-refractivity contribution in [3.8, 4) is 0 Å². The van der Waals surface area contributed by atoms with Crippen LogP contribution < -0.4 is 10.9 Å². The standard InChI is InChI=1S/C13H21ClN4O/c1-17(2)7-8-18-13(19)12(14)11(9-15-18)16-10-5-3-4-6-10/h9-10,16H,3-8H2,1-2H3. The second-order valence-electron chi connectivity index (χ2n) is 5.33. The van der Waals surface area contributed by atoms with E-state index in [1.54, 1.807) is 6.20 Å². The minimum absolute atomic E-state index is 0.216. The van der Waals surface area contributed by atoms with Crippen molar-refractivity contribution >= 4 is 17.3 Å². The predicted molar refractivity (Wildman–Crippen MR) is 77.9 cm³/mol. The molecule has 0 aliphatic heterocycles. The van der Waals surface area contributed by atoms with Crippen molar-refractivity contribution in [3.05, 3.63) is 21.6 Å². The van der Waals surface area contributed by atoms with E-state index in [2.05, 4.69) is 10.4 Å². The van der Waals surface area contributed by atoms with Gasteiger partial charge in [-0.2, -0.15) is 5.10 Å². The Balaban J connectivity index is 2.10. The average Bonchev–Trinajstić information content (AvgIpc) is 2.87. The van der Waals surface area contributed by atoms with E-state index in [1.807, 2.05) is 19.0 Å². The molecule has 0 atom stereocenters. The van der Waals surface area contributed by atoms with Crippen molar-refractivity contribution in [2.75, 3.05) is 26.0 Å². The maximum absolute atomic E-state index is 12.1. The Kier molecular flexibility index (Phi) is 4.82. The fraction of sp³-hybridized carbons (Fsp3) is 0.692. The highest BCUT2D eigenvalue weighted by Gasteiger charge is 2.17. The zero-order chi connectivity index (χ0) is 13.8. The zero-order valence-corrected chi connectivity index (χ0v) is 12.3. The fourth-order valence-corrected chi connectivity index (χ4v) is 2.51. The second kappa shape index (κ2) is 6.39. The third-order valence-electron chi connectivity index (χ3n) is 3.46. The van der Waals surface area contributed by atoms with E-state index < -0.39 is 0 Å². The van der Waals surface area contributed by atoms with Crippen LogP contribution >= 0.6 is 11.6 Å². The van der Waals surface area contributed by atoms with Crippen LogP contribution in [0.3, 0.4) is 0 Å². The van der Waals surface area contributed by atoms with Gasteiger partial charge in [-0.3, -0.25) is 4.79 Å². The molecule has 0 spiro atoms. The van der Waals surface area contributed by atoms with Gasteiger partial charge in [-0.1, -0.05) is 24.4 Å². The summed E-state index contributed by atoms with van der Waals surface area (Å²) in [5.74, 6) is 0. The summed E-state index contributed by atoms with van der Waals surface area (Å²) in [6.07, 6.45) is 6.42. The Morgan fingerprint density at radius 1 is 1.47 bits per heavy atom. The Bertz CT molecular complexity index is 480. The number of hydrogen-bond acceptors (Lipinski definition) is 4. The van der Waals surface area contributed by atoms with Gasteiger partial charge >= 0.3 is 0 Å². The Morgan fingerprint density at radius 2 is 2.16 bits per heavy atom. The van der Waals surface area contributed by atoms with Crippen molar-refractivity contribution in [1.82, 2.24) is 14.7 Å². The number of nitrogens with zero attached hydrogens (tertiary/aromatic N) is 3. The van der Waals surface area contributed by atoms with Crippen molar-refractivity contribution < 1.29 is 0 Å². The summed E-state index contributed by atoms with van der Waals surface area (Å²) in [4.78, 5) is 14.1. The molecule has 1 heterocycles. The van der Waals surface area contributed by atoms with Crippen molar-refractivity contribution in [2.45, 2.75) is 38.3 Å². The molecule has 0 aromatic carbocycles. The van der Waals surface area contributed by atoms with Crippen molar-refractivity contribution in [3.63, 3.8) is 0 Å². The van der Waals surface area contributed by atoms with Gasteiger partial charge in [-0.05, 0) is 26.9 Å². The quantitative estimate of drug-likeness (QED) is 0.896. The average molecular weight is 285 g/mol. The van der Waals surface area contributed by atoms with E-state index in [9.17, 15) is 4.79 Å². The highest BCUT2D eigenvalue weighted by Crippen LogP contribution is 2.24. The zero-order valence-electron chi connectivity index (χ0n) is 11.5. The third-order valence-corrected chi connectivity index (χ3v) is 3.82. The molecular formula is C13H21ClN4O. The summed E-state index contributed by atoms with van der Waals surface area (Å²) in [5, 5.41) is 7.76. The molecule has 0 saturated heterocycles. The van der Waals surface area contributed by atoms with Gasteiger partial charge in [-0.15, -0.1) is 0 Å². The molecule has 0 amide bonds. The molecule has 1 aromatic heterocycles. The van der Waals surface area contributed by atoms with Crippen LogP contribution in [-0.2, 0) is 6.54 Å². The highest BCUT2D eigenvalue weighted by molar-refractivity contribution is 6.32. The van der Waals surface area contributed by atoms with Gasteiger partial charge in [0.25, 0.3) is 5.56 Å². The molecule has 1 saturated carbocycles. The minimum atomic E-state index is -0.216. The smallest absolute Gasteiger partial charge is 0.287 e. The molecule has 1 fully saturated rings. The number of halogens is 1. The Hall–Kier alpha value is -1.07. The van der Waals surface area contributed by atoms with Crippen molar-refractivity contribution in [1.29, 1.82) is 0 Å². The van der Waals surface area contributed by atoms with Gasteiger partial charge in [0.2, 0.25) is 0 Å². The molecule has 0 radical (unpaired) electrons. The Labute approximate surface area is 118 Å². The number of aromatic nitrogens is 2. The number of rotatable bonds is 5.